The van der Waals surface area contributed by atoms with Crippen molar-refractivity contribution in [3.05, 3.63) is 73.9 Å². The summed E-state index contributed by atoms with van der Waals surface area (Å²) in [5.41, 5.74) is 1.68. The number of nitro benzene ring substituents is 1. The van der Waals surface area contributed by atoms with E-state index >= 15 is 0 Å². The average Bonchev–Trinajstić information content (AvgIpc) is 2.91. The molecule has 3 rings (SSSR count). The molecule has 2 aromatic rings. The molecule has 0 radical (unpaired) electrons. The Morgan fingerprint density at radius 2 is 1.85 bits per heavy atom. The fourth-order valence-electron chi connectivity index (χ4n) is 2.25. The molecule has 1 saturated heterocycles. The van der Waals surface area contributed by atoms with E-state index in [2.05, 4.69) is 26.6 Å². The first-order valence-electron chi connectivity index (χ1n) is 7.42. The Labute approximate surface area is 156 Å². The van der Waals surface area contributed by atoms with Crippen LogP contribution in [0.4, 0.5) is 10.5 Å². The predicted molar refractivity (Wildman–Crippen MR) is 96.2 cm³/mol. The van der Waals surface area contributed by atoms with Gasteiger partial charge in [0.05, 0.1) is 9.40 Å². The van der Waals surface area contributed by atoms with Gasteiger partial charge in [0.1, 0.15) is 18.1 Å². The van der Waals surface area contributed by atoms with Crippen LogP contribution in [0.25, 0.3) is 6.08 Å². The summed E-state index contributed by atoms with van der Waals surface area (Å²) < 4.78 is 6.37. The number of nitro groups is 1. The van der Waals surface area contributed by atoms with Gasteiger partial charge in [0.15, 0.2) is 0 Å². The van der Waals surface area contributed by atoms with Gasteiger partial charge in [-0.15, -0.1) is 0 Å². The Kier molecular flexibility index (Phi) is 4.99. The largest absolute Gasteiger partial charge is 0.488 e. The summed E-state index contributed by atoms with van der Waals surface area (Å²) in [5, 5.41) is 15.2. The van der Waals surface area contributed by atoms with Crippen LogP contribution in [0.3, 0.4) is 0 Å². The van der Waals surface area contributed by atoms with E-state index in [1.165, 1.54) is 12.1 Å². The molecule has 1 fully saturated rings. The van der Waals surface area contributed by atoms with Crippen LogP contribution >= 0.6 is 15.9 Å². The minimum atomic E-state index is -0.552. The number of imide groups is 1. The van der Waals surface area contributed by atoms with Crippen LogP contribution in [0.15, 0.2) is 52.6 Å². The zero-order valence-electron chi connectivity index (χ0n) is 13.2. The number of rotatable bonds is 5. The van der Waals surface area contributed by atoms with E-state index in [-0.39, 0.29) is 18.0 Å². The first-order valence-corrected chi connectivity index (χ1v) is 8.21. The molecule has 26 heavy (non-hydrogen) atoms. The molecule has 9 heteroatoms. The molecule has 0 saturated carbocycles. The van der Waals surface area contributed by atoms with Crippen LogP contribution in [0.2, 0.25) is 0 Å². The van der Waals surface area contributed by atoms with Crippen LogP contribution in [-0.4, -0.2) is 16.9 Å². The van der Waals surface area contributed by atoms with Gasteiger partial charge in [-0.25, -0.2) is 4.79 Å². The first-order chi connectivity index (χ1) is 12.4. The number of hydrogen-bond acceptors (Lipinski definition) is 5. The highest BCUT2D eigenvalue weighted by Crippen LogP contribution is 2.28. The molecule has 1 aliphatic heterocycles. The Morgan fingerprint density at radius 1 is 1.12 bits per heavy atom. The van der Waals surface area contributed by atoms with Crippen molar-refractivity contribution in [3.63, 3.8) is 0 Å². The predicted octanol–water partition coefficient (Wildman–Crippen LogP) is 3.12. The van der Waals surface area contributed by atoms with Crippen LogP contribution in [0.5, 0.6) is 5.75 Å². The van der Waals surface area contributed by atoms with Gasteiger partial charge >= 0.3 is 6.03 Å². The van der Waals surface area contributed by atoms with Crippen LogP contribution in [-0.2, 0) is 11.4 Å². The lowest BCUT2D eigenvalue weighted by Gasteiger charge is -2.09. The van der Waals surface area contributed by atoms with Crippen molar-refractivity contribution < 1.29 is 19.2 Å². The number of benzene rings is 2. The summed E-state index contributed by atoms with van der Waals surface area (Å²) in [6.45, 7) is 0.246. The van der Waals surface area contributed by atoms with Crippen molar-refractivity contribution in [1.29, 1.82) is 0 Å². The third-order valence-corrected chi connectivity index (χ3v) is 4.15. The number of carbonyl (C=O) groups is 2. The summed E-state index contributed by atoms with van der Waals surface area (Å²) in [4.78, 5) is 32.8. The Balaban J connectivity index is 1.68. The minimum Gasteiger partial charge on any atom is -0.488 e. The molecule has 2 aromatic carbocycles. The molecule has 2 N–H and O–H groups in total. The number of amides is 3. The fraction of sp³-hybridized carbons (Fsp3) is 0.0588. The smallest absolute Gasteiger partial charge is 0.326 e. The molecule has 0 bridgehead atoms. The maximum absolute atomic E-state index is 11.5. The number of ether oxygens (including phenoxy) is 1. The molecular weight excluding hydrogens is 406 g/mol. The lowest BCUT2D eigenvalue weighted by Crippen LogP contribution is -2.22. The molecule has 8 nitrogen and oxygen atoms in total. The highest BCUT2D eigenvalue weighted by molar-refractivity contribution is 9.10. The van der Waals surface area contributed by atoms with Gasteiger partial charge in [-0.1, -0.05) is 6.07 Å². The summed E-state index contributed by atoms with van der Waals surface area (Å²) >= 11 is 3.40. The Morgan fingerprint density at radius 3 is 2.42 bits per heavy atom. The lowest BCUT2D eigenvalue weighted by molar-refractivity contribution is -0.384. The summed E-state index contributed by atoms with van der Waals surface area (Å²) in [6.07, 6.45) is 1.55. The van der Waals surface area contributed by atoms with Gasteiger partial charge < -0.3 is 10.1 Å². The highest BCUT2D eigenvalue weighted by atomic mass is 79.9. The van der Waals surface area contributed by atoms with Gasteiger partial charge in [0.25, 0.3) is 11.6 Å². The second-order valence-corrected chi connectivity index (χ2v) is 6.22. The van der Waals surface area contributed by atoms with E-state index in [4.69, 9.17) is 4.74 Å². The molecule has 0 aliphatic carbocycles. The molecule has 0 aromatic heterocycles. The van der Waals surface area contributed by atoms with Crippen molar-refractivity contribution in [2.75, 3.05) is 0 Å². The van der Waals surface area contributed by atoms with E-state index in [0.717, 1.165) is 5.56 Å². The number of urea groups is 1. The van der Waals surface area contributed by atoms with Gasteiger partial charge in [-0.2, -0.15) is 0 Å². The van der Waals surface area contributed by atoms with Crippen molar-refractivity contribution in [3.8, 4) is 5.75 Å². The second-order valence-electron chi connectivity index (χ2n) is 5.37. The van der Waals surface area contributed by atoms with Crippen molar-refractivity contribution >= 4 is 39.6 Å². The molecule has 0 unspecified atom stereocenters. The zero-order valence-corrected chi connectivity index (χ0v) is 14.8. The van der Waals surface area contributed by atoms with E-state index < -0.39 is 16.9 Å². The first kappa shape index (κ1) is 17.6. The molecule has 1 heterocycles. The van der Waals surface area contributed by atoms with Crippen LogP contribution in [0, 0.1) is 10.1 Å². The quantitative estimate of drug-likeness (QED) is 0.336. The topological polar surface area (TPSA) is 111 Å². The minimum absolute atomic E-state index is 0.0235. The third kappa shape index (κ3) is 4.06. The molecule has 1 aliphatic rings. The van der Waals surface area contributed by atoms with Gasteiger partial charge in [-0.3, -0.25) is 20.2 Å². The summed E-state index contributed by atoms with van der Waals surface area (Å²) in [5.74, 6) is 0.0926. The number of nitrogens with zero attached hydrogens (tertiary/aromatic N) is 1. The highest BCUT2D eigenvalue weighted by Gasteiger charge is 2.22. The normalized spacial score (nSPS) is 14.9. The SMILES string of the molecule is O=C1NC(=O)/C(=C/c2ccc(OCc3ccc([N+](=O)[O-])cc3)c(Br)c2)N1. The van der Waals surface area contributed by atoms with Gasteiger partial charge in [-0.05, 0) is 57.4 Å². The van der Waals surface area contributed by atoms with Crippen molar-refractivity contribution in [1.82, 2.24) is 10.6 Å². The number of nitrogens with one attached hydrogen (secondary N) is 2. The molecule has 0 atom stereocenters. The maximum Gasteiger partial charge on any atom is 0.326 e. The van der Waals surface area contributed by atoms with Crippen LogP contribution in [0.1, 0.15) is 11.1 Å². The molecule has 132 valence electrons. The summed E-state index contributed by atoms with van der Waals surface area (Å²) in [6, 6.07) is 10.8. The van der Waals surface area contributed by atoms with Gasteiger partial charge in [0, 0.05) is 12.1 Å². The standard InChI is InChI=1S/C17H12BrN3O5/c18-13-7-11(8-14-16(22)20-17(23)19-14)3-6-15(13)26-9-10-1-4-12(5-2-10)21(24)25/h1-8H,9H2,(H2,19,20,22,23)/b14-8-. The third-order valence-electron chi connectivity index (χ3n) is 3.53. The number of hydrogen-bond donors (Lipinski definition) is 2. The van der Waals surface area contributed by atoms with Crippen molar-refractivity contribution in [2.24, 2.45) is 0 Å². The van der Waals surface area contributed by atoms with Crippen molar-refractivity contribution in [2.45, 2.75) is 6.61 Å². The Hall–Kier alpha value is -3.20. The van der Waals surface area contributed by atoms with Gasteiger partial charge in [0.2, 0.25) is 0 Å². The fourth-order valence-corrected chi connectivity index (χ4v) is 2.76. The van der Waals surface area contributed by atoms with E-state index in [1.807, 2.05) is 0 Å². The van der Waals surface area contributed by atoms with E-state index in [0.29, 0.717) is 15.8 Å². The number of non-ortho nitro benzene ring substituents is 1. The monoisotopic (exact) mass is 417 g/mol. The number of halogens is 1. The summed E-state index contributed by atoms with van der Waals surface area (Å²) in [7, 11) is 0. The second kappa shape index (κ2) is 7.36. The molecule has 3 amide bonds. The van der Waals surface area contributed by atoms with E-state index in [9.17, 15) is 19.7 Å². The maximum atomic E-state index is 11.5. The molecular formula is C17H12BrN3O5. The van der Waals surface area contributed by atoms with Crippen LogP contribution < -0.4 is 15.4 Å². The Bertz CT molecular complexity index is 924. The number of carbonyl (C=O) groups excluding carboxylic acids is 2. The average molecular weight is 418 g/mol. The van der Waals surface area contributed by atoms with E-state index in [1.54, 1.807) is 36.4 Å². The zero-order chi connectivity index (χ0) is 18.7. The molecule has 0 spiro atoms. The lowest BCUT2D eigenvalue weighted by atomic mass is 10.2.